The molecule has 0 aliphatic rings. The second-order valence-corrected chi connectivity index (χ2v) is 8.31. The van der Waals surface area contributed by atoms with Crippen molar-refractivity contribution >= 4 is 23.7 Å². The maximum atomic E-state index is 12.8. The summed E-state index contributed by atoms with van der Waals surface area (Å²) in [5.41, 5.74) is 7.23. The first kappa shape index (κ1) is 27.3. The Balaban J connectivity index is 1.92. The fourth-order valence-corrected chi connectivity index (χ4v) is 3.28. The first-order chi connectivity index (χ1) is 16.6. The third-order valence-electron chi connectivity index (χ3n) is 5.56. The number of aromatic hydroxyl groups is 1. The van der Waals surface area contributed by atoms with Gasteiger partial charge < -0.3 is 36.9 Å². The minimum absolute atomic E-state index is 0.00489. The monoisotopic (exact) mass is 488 g/mol. The van der Waals surface area contributed by atoms with E-state index >= 15 is 0 Å². The van der Waals surface area contributed by atoms with Crippen molar-refractivity contribution < 1.29 is 29.4 Å². The number of carboxylic acid groups (broad SMARTS) is 1. The number of nitrogens with two attached hydrogens (primary N) is 1. The number of aliphatic carboxylic acids is 1. The van der Waals surface area contributed by atoms with Gasteiger partial charge in [-0.2, -0.15) is 0 Å². The van der Waals surface area contributed by atoms with Gasteiger partial charge in [-0.15, -0.1) is 0 Å². The fourth-order valence-electron chi connectivity index (χ4n) is 3.28. The number of aromatic amines is 1. The Kier molecular flexibility index (Phi) is 10.2. The summed E-state index contributed by atoms with van der Waals surface area (Å²) in [4.78, 5) is 55.9. The third-order valence-corrected chi connectivity index (χ3v) is 5.56. The van der Waals surface area contributed by atoms with E-state index in [0.29, 0.717) is 17.7 Å². The zero-order valence-corrected chi connectivity index (χ0v) is 19.7. The molecule has 0 bridgehead atoms. The van der Waals surface area contributed by atoms with Gasteiger partial charge in [-0.1, -0.05) is 32.4 Å². The van der Waals surface area contributed by atoms with Crippen molar-refractivity contribution in [2.24, 2.45) is 11.7 Å². The molecular formula is C23H32N6O6. The van der Waals surface area contributed by atoms with Crippen molar-refractivity contribution in [3.05, 3.63) is 48.0 Å². The van der Waals surface area contributed by atoms with Crippen molar-refractivity contribution in [3.8, 4) is 5.75 Å². The number of imidazole rings is 1. The molecule has 35 heavy (non-hydrogen) atoms. The summed E-state index contributed by atoms with van der Waals surface area (Å²) >= 11 is 0. The number of nitrogens with zero attached hydrogens (tertiary/aromatic N) is 1. The van der Waals surface area contributed by atoms with Crippen LogP contribution in [0, 0.1) is 5.92 Å². The van der Waals surface area contributed by atoms with Gasteiger partial charge in [0.25, 0.3) is 0 Å². The molecule has 0 spiro atoms. The van der Waals surface area contributed by atoms with Gasteiger partial charge in [-0.3, -0.25) is 14.4 Å². The molecule has 1 aromatic carbocycles. The van der Waals surface area contributed by atoms with Crippen molar-refractivity contribution in [2.75, 3.05) is 6.54 Å². The molecule has 1 heterocycles. The highest BCUT2D eigenvalue weighted by molar-refractivity contribution is 5.92. The second kappa shape index (κ2) is 13.1. The van der Waals surface area contributed by atoms with Crippen LogP contribution in [0.25, 0.3) is 0 Å². The van der Waals surface area contributed by atoms with Crippen LogP contribution >= 0.6 is 0 Å². The number of amides is 3. The molecule has 0 saturated carbocycles. The smallest absolute Gasteiger partial charge is 0.326 e. The Bertz CT molecular complexity index is 994. The van der Waals surface area contributed by atoms with E-state index in [4.69, 9.17) is 5.73 Å². The third kappa shape index (κ3) is 8.74. The molecule has 12 nitrogen and oxygen atoms in total. The molecule has 4 unspecified atom stereocenters. The van der Waals surface area contributed by atoms with Gasteiger partial charge in [0, 0.05) is 24.7 Å². The van der Waals surface area contributed by atoms with Gasteiger partial charge in [0.2, 0.25) is 17.7 Å². The van der Waals surface area contributed by atoms with Crippen LogP contribution in [0.15, 0.2) is 36.8 Å². The molecule has 0 saturated heterocycles. The molecule has 0 aliphatic heterocycles. The summed E-state index contributed by atoms with van der Waals surface area (Å²) in [6.45, 7) is 3.17. The number of carbonyl (C=O) groups excluding carboxylic acids is 3. The highest BCUT2D eigenvalue weighted by Gasteiger charge is 2.29. The lowest BCUT2D eigenvalue weighted by molar-refractivity contribution is -0.141. The number of phenols is 1. The Hall–Kier alpha value is -3.93. The number of hydrogen-bond donors (Lipinski definition) is 7. The van der Waals surface area contributed by atoms with E-state index in [1.807, 2.05) is 6.92 Å². The average Bonchev–Trinajstić information content (AvgIpc) is 3.34. The quantitative estimate of drug-likeness (QED) is 0.194. The number of hydrogen-bond acceptors (Lipinski definition) is 7. The van der Waals surface area contributed by atoms with Gasteiger partial charge in [0.1, 0.15) is 17.8 Å². The van der Waals surface area contributed by atoms with E-state index in [2.05, 4.69) is 25.9 Å². The predicted molar refractivity (Wildman–Crippen MR) is 126 cm³/mol. The molecule has 0 fully saturated rings. The maximum absolute atomic E-state index is 12.8. The van der Waals surface area contributed by atoms with Crippen LogP contribution in [-0.2, 0) is 32.0 Å². The van der Waals surface area contributed by atoms with Crippen LogP contribution in [-0.4, -0.2) is 68.5 Å². The van der Waals surface area contributed by atoms with Gasteiger partial charge in [-0.05, 0) is 23.6 Å². The minimum Gasteiger partial charge on any atom is -0.508 e. The molecule has 0 aliphatic carbocycles. The van der Waals surface area contributed by atoms with E-state index in [1.165, 1.54) is 18.5 Å². The molecule has 190 valence electrons. The Morgan fingerprint density at radius 1 is 1.09 bits per heavy atom. The highest BCUT2D eigenvalue weighted by Crippen LogP contribution is 2.12. The lowest BCUT2D eigenvalue weighted by Crippen LogP contribution is -2.56. The zero-order chi connectivity index (χ0) is 26.0. The van der Waals surface area contributed by atoms with Crippen LogP contribution in [0.4, 0.5) is 0 Å². The van der Waals surface area contributed by atoms with Gasteiger partial charge in [0.15, 0.2) is 0 Å². The Morgan fingerprint density at radius 3 is 2.34 bits per heavy atom. The molecule has 12 heteroatoms. The van der Waals surface area contributed by atoms with Gasteiger partial charge >= 0.3 is 5.97 Å². The summed E-state index contributed by atoms with van der Waals surface area (Å²) in [5, 5.41) is 26.2. The Labute approximate surface area is 202 Å². The van der Waals surface area contributed by atoms with Crippen LogP contribution in [0.2, 0.25) is 0 Å². The molecule has 4 atom stereocenters. The average molecular weight is 489 g/mol. The number of nitrogens with one attached hydrogen (secondary N) is 4. The first-order valence-corrected chi connectivity index (χ1v) is 11.2. The van der Waals surface area contributed by atoms with Crippen LogP contribution in [0.1, 0.15) is 31.5 Å². The van der Waals surface area contributed by atoms with Crippen molar-refractivity contribution in [2.45, 2.75) is 51.2 Å². The predicted octanol–water partition coefficient (Wildman–Crippen LogP) is -0.556. The summed E-state index contributed by atoms with van der Waals surface area (Å²) in [7, 11) is 0. The van der Waals surface area contributed by atoms with E-state index < -0.39 is 48.4 Å². The van der Waals surface area contributed by atoms with Crippen LogP contribution in [0.5, 0.6) is 5.75 Å². The van der Waals surface area contributed by atoms with Gasteiger partial charge in [0.05, 0.1) is 18.9 Å². The van der Waals surface area contributed by atoms with Crippen molar-refractivity contribution in [1.82, 2.24) is 25.9 Å². The molecule has 1 aromatic heterocycles. The van der Waals surface area contributed by atoms with E-state index in [9.17, 15) is 29.4 Å². The summed E-state index contributed by atoms with van der Waals surface area (Å²) in [5.74, 6) is -3.25. The second-order valence-electron chi connectivity index (χ2n) is 8.31. The summed E-state index contributed by atoms with van der Waals surface area (Å²) in [6, 6.07) is 2.87. The van der Waals surface area contributed by atoms with E-state index in [1.54, 1.807) is 25.3 Å². The number of carboxylic acids is 1. The number of aromatic nitrogens is 2. The van der Waals surface area contributed by atoms with Crippen molar-refractivity contribution in [3.63, 3.8) is 0 Å². The lowest BCUT2D eigenvalue weighted by Gasteiger charge is -2.25. The number of carbonyl (C=O) groups is 4. The highest BCUT2D eigenvalue weighted by atomic mass is 16.4. The van der Waals surface area contributed by atoms with Crippen LogP contribution < -0.4 is 21.7 Å². The molecule has 8 N–H and O–H groups in total. The lowest BCUT2D eigenvalue weighted by atomic mass is 9.97. The summed E-state index contributed by atoms with van der Waals surface area (Å²) in [6.07, 6.45) is 3.81. The van der Waals surface area contributed by atoms with Crippen molar-refractivity contribution in [1.29, 1.82) is 0 Å². The first-order valence-electron chi connectivity index (χ1n) is 11.2. The zero-order valence-electron chi connectivity index (χ0n) is 19.7. The van der Waals surface area contributed by atoms with Crippen LogP contribution in [0.3, 0.4) is 0 Å². The topological polar surface area (TPSA) is 200 Å². The maximum Gasteiger partial charge on any atom is 0.326 e. The Morgan fingerprint density at radius 2 is 1.77 bits per heavy atom. The molecule has 2 rings (SSSR count). The van der Waals surface area contributed by atoms with E-state index in [0.717, 1.165) is 0 Å². The number of benzene rings is 1. The largest absolute Gasteiger partial charge is 0.508 e. The molecule has 3 amide bonds. The molecule has 2 aromatic rings. The SMILES string of the molecule is CCC(C)C(NC(=O)C(N)Cc1cnc[nH]1)C(=O)NCC(=O)NC(Cc1ccc(O)cc1)C(=O)O. The molecule has 0 radical (unpaired) electrons. The van der Waals surface area contributed by atoms with Gasteiger partial charge in [-0.25, -0.2) is 9.78 Å². The number of rotatable bonds is 13. The minimum atomic E-state index is -1.24. The number of phenolic OH excluding ortho intramolecular Hbond substituents is 1. The fraction of sp³-hybridized carbons (Fsp3) is 0.435. The standard InChI is InChI=1S/C23H32N6O6/c1-3-13(2)20(29-21(32)17(24)9-15-10-25-12-27-15)22(33)26-11-19(31)28-18(23(34)35)8-14-4-6-16(30)7-5-14/h4-7,10,12-13,17-18,20,30H,3,8-9,11,24H2,1-2H3,(H,25,27)(H,26,33)(H,28,31)(H,29,32)(H,34,35). The normalized spacial score (nSPS) is 14.3. The number of H-pyrrole nitrogens is 1. The van der Waals surface area contributed by atoms with E-state index in [-0.39, 0.29) is 24.5 Å². The molecular weight excluding hydrogens is 456 g/mol. The summed E-state index contributed by atoms with van der Waals surface area (Å²) < 4.78 is 0.